The van der Waals surface area contributed by atoms with Gasteiger partial charge in [0, 0.05) is 4.47 Å². The average Bonchev–Trinajstić information content (AvgIpc) is 2.19. The summed E-state index contributed by atoms with van der Waals surface area (Å²) in [6.07, 6.45) is 0. The van der Waals surface area contributed by atoms with Gasteiger partial charge in [-0.05, 0) is 12.1 Å². The summed E-state index contributed by atoms with van der Waals surface area (Å²) in [5.74, 6) is -1.45. The minimum absolute atomic E-state index is 0.000208. The van der Waals surface area contributed by atoms with E-state index in [1.807, 2.05) is 0 Å². The van der Waals surface area contributed by atoms with Crippen LogP contribution >= 0.6 is 15.9 Å². The van der Waals surface area contributed by atoms with E-state index in [2.05, 4.69) is 20.7 Å². The zero-order valence-electron chi connectivity index (χ0n) is 7.64. The van der Waals surface area contributed by atoms with Crippen LogP contribution in [0.15, 0.2) is 16.6 Å². The Bertz CT molecular complexity index is 365. The molecule has 0 atom stereocenters. The van der Waals surface area contributed by atoms with Gasteiger partial charge in [0.05, 0.1) is 14.2 Å². The first-order valence-corrected chi connectivity index (χ1v) is 4.50. The van der Waals surface area contributed by atoms with Gasteiger partial charge in [-0.25, -0.2) is 9.18 Å². The second kappa shape index (κ2) is 4.41. The summed E-state index contributed by atoms with van der Waals surface area (Å²) >= 11 is 3.13. The summed E-state index contributed by atoms with van der Waals surface area (Å²) < 4.78 is 23.2. The maximum absolute atomic E-state index is 13.4. The van der Waals surface area contributed by atoms with Crippen LogP contribution in [0.5, 0.6) is 5.75 Å². The van der Waals surface area contributed by atoms with Crippen molar-refractivity contribution in [3.63, 3.8) is 0 Å². The molecule has 3 nitrogen and oxygen atoms in total. The van der Waals surface area contributed by atoms with Crippen LogP contribution in [0.2, 0.25) is 0 Å². The van der Waals surface area contributed by atoms with Gasteiger partial charge in [0.1, 0.15) is 5.56 Å². The normalized spacial score (nSPS) is 9.71. The maximum Gasteiger partial charge on any atom is 0.341 e. The van der Waals surface area contributed by atoms with Crippen molar-refractivity contribution in [2.45, 2.75) is 0 Å². The average molecular weight is 263 g/mol. The molecule has 0 aliphatic rings. The van der Waals surface area contributed by atoms with Gasteiger partial charge in [-0.15, -0.1) is 0 Å². The van der Waals surface area contributed by atoms with E-state index in [1.54, 1.807) is 0 Å². The Morgan fingerprint density at radius 2 is 2.07 bits per heavy atom. The highest BCUT2D eigenvalue weighted by atomic mass is 79.9. The number of rotatable bonds is 2. The fourth-order valence-electron chi connectivity index (χ4n) is 0.971. The minimum Gasteiger partial charge on any atom is -0.494 e. The van der Waals surface area contributed by atoms with Crippen LogP contribution in [0, 0.1) is 5.82 Å². The van der Waals surface area contributed by atoms with Gasteiger partial charge >= 0.3 is 5.97 Å². The molecule has 1 rings (SSSR count). The van der Waals surface area contributed by atoms with E-state index in [-0.39, 0.29) is 11.3 Å². The summed E-state index contributed by atoms with van der Waals surface area (Å²) in [5, 5.41) is 0. The van der Waals surface area contributed by atoms with Crippen LogP contribution in [0.3, 0.4) is 0 Å². The topological polar surface area (TPSA) is 35.5 Å². The number of hydrogen-bond donors (Lipinski definition) is 0. The molecule has 0 heterocycles. The third kappa shape index (κ3) is 2.04. The van der Waals surface area contributed by atoms with Crippen LogP contribution in [0.1, 0.15) is 10.4 Å². The number of carbonyl (C=O) groups is 1. The maximum atomic E-state index is 13.4. The van der Waals surface area contributed by atoms with Gasteiger partial charge in [0.25, 0.3) is 0 Å². The lowest BCUT2D eigenvalue weighted by atomic mass is 10.2. The first-order chi connectivity index (χ1) is 6.60. The van der Waals surface area contributed by atoms with Crippen LogP contribution in [-0.4, -0.2) is 20.2 Å². The molecule has 0 aliphatic heterocycles. The quantitative estimate of drug-likeness (QED) is 0.768. The number of halogens is 2. The number of carbonyl (C=O) groups excluding carboxylic acids is 1. The van der Waals surface area contributed by atoms with Gasteiger partial charge in [-0.2, -0.15) is 0 Å². The SMILES string of the molecule is COC(=O)c1cc(Br)cc(OC)c1F. The molecule has 0 amide bonds. The molecular formula is C9H8BrFO3. The second-order valence-corrected chi connectivity index (χ2v) is 3.38. The largest absolute Gasteiger partial charge is 0.494 e. The van der Waals surface area contributed by atoms with Crippen molar-refractivity contribution >= 4 is 21.9 Å². The Kier molecular flexibility index (Phi) is 3.46. The molecule has 0 fully saturated rings. The monoisotopic (exact) mass is 262 g/mol. The lowest BCUT2D eigenvalue weighted by Crippen LogP contribution is -2.05. The number of ether oxygens (including phenoxy) is 2. The summed E-state index contributed by atoms with van der Waals surface area (Å²) in [5.41, 5.74) is -0.154. The van der Waals surface area contributed by atoms with E-state index < -0.39 is 11.8 Å². The number of benzene rings is 1. The Hall–Kier alpha value is -1.10. The van der Waals surface area contributed by atoms with Crippen LogP contribution in [0.25, 0.3) is 0 Å². The molecular weight excluding hydrogens is 255 g/mol. The van der Waals surface area contributed by atoms with Crippen LogP contribution in [-0.2, 0) is 4.74 Å². The fraction of sp³-hybridized carbons (Fsp3) is 0.222. The van der Waals surface area contributed by atoms with Crippen LogP contribution < -0.4 is 4.74 Å². The van der Waals surface area contributed by atoms with E-state index in [4.69, 9.17) is 4.74 Å². The van der Waals surface area contributed by atoms with Crippen molar-refractivity contribution in [3.8, 4) is 5.75 Å². The molecule has 0 spiro atoms. The molecule has 0 unspecified atom stereocenters. The highest BCUT2D eigenvalue weighted by Gasteiger charge is 2.17. The number of esters is 1. The number of hydrogen-bond acceptors (Lipinski definition) is 3. The first kappa shape index (κ1) is 11.0. The van der Waals surface area contributed by atoms with Crippen molar-refractivity contribution in [1.29, 1.82) is 0 Å². The van der Waals surface area contributed by atoms with E-state index >= 15 is 0 Å². The predicted octanol–water partition coefficient (Wildman–Crippen LogP) is 2.38. The van der Waals surface area contributed by atoms with E-state index in [1.165, 1.54) is 26.4 Å². The molecule has 5 heteroatoms. The molecule has 0 saturated heterocycles. The summed E-state index contributed by atoms with van der Waals surface area (Å²) in [7, 11) is 2.51. The lowest BCUT2D eigenvalue weighted by molar-refractivity contribution is 0.0594. The molecule has 1 aromatic rings. The van der Waals surface area contributed by atoms with Crippen molar-refractivity contribution in [3.05, 3.63) is 28.0 Å². The van der Waals surface area contributed by atoms with Gasteiger partial charge in [0.2, 0.25) is 0 Å². The predicted molar refractivity (Wildman–Crippen MR) is 52.0 cm³/mol. The van der Waals surface area contributed by atoms with Gasteiger partial charge in [-0.1, -0.05) is 15.9 Å². The molecule has 0 N–H and O–H groups in total. The molecule has 0 bridgehead atoms. The second-order valence-electron chi connectivity index (χ2n) is 2.46. The van der Waals surface area contributed by atoms with Crippen LogP contribution in [0.4, 0.5) is 4.39 Å². The third-order valence-corrected chi connectivity index (χ3v) is 2.09. The van der Waals surface area contributed by atoms with E-state index in [9.17, 15) is 9.18 Å². The molecule has 0 saturated carbocycles. The van der Waals surface area contributed by atoms with E-state index in [0.29, 0.717) is 4.47 Å². The van der Waals surface area contributed by atoms with Crippen molar-refractivity contribution in [2.75, 3.05) is 14.2 Å². The van der Waals surface area contributed by atoms with Crippen molar-refractivity contribution in [2.24, 2.45) is 0 Å². The van der Waals surface area contributed by atoms with Gasteiger partial charge < -0.3 is 9.47 Å². The molecule has 0 aromatic heterocycles. The highest BCUT2D eigenvalue weighted by Crippen LogP contribution is 2.26. The Morgan fingerprint density at radius 1 is 1.43 bits per heavy atom. The Balaban J connectivity index is 3.29. The number of methoxy groups -OCH3 is 2. The molecule has 1 aromatic carbocycles. The summed E-state index contributed by atoms with van der Waals surface area (Å²) in [6, 6.07) is 2.77. The Labute approximate surface area is 88.9 Å². The van der Waals surface area contributed by atoms with E-state index in [0.717, 1.165) is 0 Å². The van der Waals surface area contributed by atoms with Gasteiger partial charge in [0.15, 0.2) is 11.6 Å². The zero-order valence-corrected chi connectivity index (χ0v) is 9.22. The fourth-order valence-corrected chi connectivity index (χ4v) is 1.41. The molecule has 14 heavy (non-hydrogen) atoms. The van der Waals surface area contributed by atoms with Crippen molar-refractivity contribution in [1.82, 2.24) is 0 Å². The van der Waals surface area contributed by atoms with Gasteiger partial charge in [-0.3, -0.25) is 0 Å². The molecule has 76 valence electrons. The molecule has 0 aliphatic carbocycles. The molecule has 0 radical (unpaired) electrons. The first-order valence-electron chi connectivity index (χ1n) is 3.71. The van der Waals surface area contributed by atoms with Crippen molar-refractivity contribution < 1.29 is 18.7 Å². The Morgan fingerprint density at radius 3 is 2.57 bits per heavy atom. The summed E-state index contributed by atoms with van der Waals surface area (Å²) in [4.78, 5) is 11.1. The lowest BCUT2D eigenvalue weighted by Gasteiger charge is -2.06. The standard InChI is InChI=1S/C9H8BrFO3/c1-13-7-4-5(10)3-6(8(7)11)9(12)14-2/h3-4H,1-2H3. The highest BCUT2D eigenvalue weighted by molar-refractivity contribution is 9.10. The zero-order chi connectivity index (χ0) is 10.7. The summed E-state index contributed by atoms with van der Waals surface area (Å²) in [6.45, 7) is 0. The smallest absolute Gasteiger partial charge is 0.341 e. The third-order valence-electron chi connectivity index (χ3n) is 1.63. The minimum atomic E-state index is -0.734.